The smallest absolute Gasteiger partial charge is 0.223 e. The molecule has 3 nitrogen and oxygen atoms in total. The first kappa shape index (κ1) is 11.7. The number of carbonyl (C=O) groups excluding carboxylic acids is 1. The Hall–Kier alpha value is -1.35. The van der Waals surface area contributed by atoms with Gasteiger partial charge in [-0.05, 0) is 36.9 Å². The highest BCUT2D eigenvalue weighted by atomic mass is 16.1. The van der Waals surface area contributed by atoms with Crippen molar-refractivity contribution in [1.29, 1.82) is 0 Å². The van der Waals surface area contributed by atoms with Crippen molar-refractivity contribution in [3.8, 4) is 0 Å². The highest BCUT2D eigenvalue weighted by Crippen LogP contribution is 2.27. The molecule has 1 unspecified atom stereocenters. The van der Waals surface area contributed by atoms with Crippen LogP contribution in [0.15, 0.2) is 24.3 Å². The molecule has 1 saturated carbocycles. The largest absolute Gasteiger partial charge is 0.354 e. The lowest BCUT2D eigenvalue weighted by Gasteiger charge is -2.29. The van der Waals surface area contributed by atoms with E-state index < -0.39 is 0 Å². The summed E-state index contributed by atoms with van der Waals surface area (Å²) in [6.07, 6.45) is 4.44. The second-order valence-electron chi connectivity index (χ2n) is 5.33. The molecule has 0 bridgehead atoms. The lowest BCUT2D eigenvalue weighted by molar-refractivity contribution is -0.127. The van der Waals surface area contributed by atoms with Crippen molar-refractivity contribution in [3.63, 3.8) is 0 Å². The van der Waals surface area contributed by atoms with Crippen molar-refractivity contribution in [2.24, 2.45) is 5.92 Å². The lowest BCUT2D eigenvalue weighted by Crippen LogP contribution is -2.42. The number of benzene rings is 1. The fourth-order valence-electron chi connectivity index (χ4n) is 2.79. The topological polar surface area (TPSA) is 41.1 Å². The quantitative estimate of drug-likeness (QED) is 0.851. The molecule has 1 aromatic carbocycles. The van der Waals surface area contributed by atoms with Gasteiger partial charge in [-0.3, -0.25) is 4.79 Å². The number of rotatable bonds is 3. The molecule has 1 amide bonds. The van der Waals surface area contributed by atoms with Crippen LogP contribution in [0.25, 0.3) is 0 Å². The fraction of sp³-hybridized carbons (Fsp3) is 0.533. The monoisotopic (exact) mass is 244 g/mol. The van der Waals surface area contributed by atoms with Gasteiger partial charge >= 0.3 is 0 Å². The van der Waals surface area contributed by atoms with E-state index in [1.165, 1.54) is 17.5 Å². The van der Waals surface area contributed by atoms with Gasteiger partial charge in [-0.15, -0.1) is 0 Å². The Morgan fingerprint density at radius 3 is 2.94 bits per heavy atom. The van der Waals surface area contributed by atoms with Crippen LogP contribution in [-0.2, 0) is 11.2 Å². The maximum Gasteiger partial charge on any atom is 0.223 e. The first-order valence-electron chi connectivity index (χ1n) is 6.93. The molecule has 0 radical (unpaired) electrons. The zero-order chi connectivity index (χ0) is 12.4. The summed E-state index contributed by atoms with van der Waals surface area (Å²) in [6.45, 7) is 1.72. The summed E-state index contributed by atoms with van der Waals surface area (Å²) < 4.78 is 0. The van der Waals surface area contributed by atoms with Crippen LogP contribution in [-0.4, -0.2) is 19.0 Å². The average molecular weight is 244 g/mol. The third-order valence-electron chi connectivity index (χ3n) is 4.17. The summed E-state index contributed by atoms with van der Waals surface area (Å²) in [4.78, 5) is 11.8. The zero-order valence-corrected chi connectivity index (χ0v) is 10.6. The van der Waals surface area contributed by atoms with E-state index in [9.17, 15) is 4.79 Å². The van der Waals surface area contributed by atoms with Gasteiger partial charge in [0.25, 0.3) is 0 Å². The third-order valence-corrected chi connectivity index (χ3v) is 4.17. The molecule has 2 aliphatic rings. The first-order chi connectivity index (χ1) is 8.84. The first-order valence-corrected chi connectivity index (χ1v) is 6.93. The highest BCUT2D eigenvalue weighted by Gasteiger charge is 2.26. The zero-order valence-electron chi connectivity index (χ0n) is 10.6. The molecule has 2 N–H and O–H groups in total. The summed E-state index contributed by atoms with van der Waals surface area (Å²) in [7, 11) is 0. The second-order valence-corrected chi connectivity index (χ2v) is 5.33. The number of hydrogen-bond donors (Lipinski definition) is 2. The van der Waals surface area contributed by atoms with E-state index in [-0.39, 0.29) is 17.9 Å². The van der Waals surface area contributed by atoms with Crippen molar-refractivity contribution in [1.82, 2.24) is 10.6 Å². The second kappa shape index (κ2) is 5.11. The van der Waals surface area contributed by atoms with Gasteiger partial charge in [0.05, 0.1) is 0 Å². The van der Waals surface area contributed by atoms with E-state index in [1.54, 1.807) is 0 Å². The molecule has 1 fully saturated rings. The predicted molar refractivity (Wildman–Crippen MR) is 71.2 cm³/mol. The summed E-state index contributed by atoms with van der Waals surface area (Å²) >= 11 is 0. The maximum absolute atomic E-state index is 11.8. The Bertz CT molecular complexity index is 440. The van der Waals surface area contributed by atoms with E-state index in [4.69, 9.17) is 0 Å². The van der Waals surface area contributed by atoms with Gasteiger partial charge in [0.1, 0.15) is 0 Å². The molecular weight excluding hydrogens is 224 g/mol. The molecule has 0 spiro atoms. The van der Waals surface area contributed by atoms with E-state index in [2.05, 4.69) is 34.9 Å². The van der Waals surface area contributed by atoms with Crippen molar-refractivity contribution in [2.45, 2.75) is 31.7 Å². The van der Waals surface area contributed by atoms with E-state index in [1.807, 2.05) is 0 Å². The minimum atomic E-state index is 0.242. The molecule has 3 heteroatoms. The molecule has 1 atom stereocenters. The highest BCUT2D eigenvalue weighted by molar-refractivity contribution is 5.79. The minimum Gasteiger partial charge on any atom is -0.354 e. The standard InChI is InChI=1S/C15H20N2O/c18-15(12-5-3-6-12)17-10-14-13-7-2-1-4-11(13)8-9-16-14/h1-2,4,7,12,14,16H,3,5-6,8-10H2,(H,17,18). The van der Waals surface area contributed by atoms with E-state index in [0.717, 1.165) is 25.8 Å². The van der Waals surface area contributed by atoms with Crippen LogP contribution < -0.4 is 10.6 Å². The summed E-state index contributed by atoms with van der Waals surface area (Å²) in [5.74, 6) is 0.523. The molecule has 1 aliphatic heterocycles. The van der Waals surface area contributed by atoms with E-state index in [0.29, 0.717) is 6.54 Å². The molecule has 1 aliphatic carbocycles. The van der Waals surface area contributed by atoms with Crippen molar-refractivity contribution >= 4 is 5.91 Å². The van der Waals surface area contributed by atoms with Crippen LogP contribution in [0.4, 0.5) is 0 Å². The lowest BCUT2D eigenvalue weighted by atomic mass is 9.84. The van der Waals surface area contributed by atoms with Crippen LogP contribution in [0.3, 0.4) is 0 Å². The summed E-state index contributed by atoms with van der Waals surface area (Å²) in [5, 5.41) is 6.58. The Morgan fingerprint density at radius 2 is 2.17 bits per heavy atom. The molecule has 1 aromatic rings. The van der Waals surface area contributed by atoms with Gasteiger partial charge in [0.15, 0.2) is 0 Å². The number of fused-ring (bicyclic) bond motifs is 1. The molecule has 3 rings (SSSR count). The molecular formula is C15H20N2O. The van der Waals surface area contributed by atoms with E-state index >= 15 is 0 Å². The Morgan fingerprint density at radius 1 is 1.33 bits per heavy atom. The molecule has 0 aromatic heterocycles. The average Bonchev–Trinajstić information content (AvgIpc) is 2.34. The molecule has 0 saturated heterocycles. The van der Waals surface area contributed by atoms with Gasteiger partial charge in [0.2, 0.25) is 5.91 Å². The van der Waals surface area contributed by atoms with Gasteiger partial charge in [-0.2, -0.15) is 0 Å². The van der Waals surface area contributed by atoms with Gasteiger partial charge in [-0.1, -0.05) is 30.7 Å². The number of nitrogens with one attached hydrogen (secondary N) is 2. The normalized spacial score (nSPS) is 23.0. The van der Waals surface area contributed by atoms with Crippen LogP contribution in [0, 0.1) is 5.92 Å². The molecule has 1 heterocycles. The van der Waals surface area contributed by atoms with Crippen LogP contribution in [0.2, 0.25) is 0 Å². The Balaban J connectivity index is 1.61. The Labute approximate surface area is 108 Å². The number of carbonyl (C=O) groups is 1. The summed E-state index contributed by atoms with van der Waals surface area (Å²) in [5.41, 5.74) is 2.76. The predicted octanol–water partition coefficient (Wildman–Crippen LogP) is 1.79. The Kier molecular flexibility index (Phi) is 3.33. The minimum absolute atomic E-state index is 0.242. The van der Waals surface area contributed by atoms with Gasteiger partial charge < -0.3 is 10.6 Å². The summed E-state index contributed by atoms with van der Waals surface area (Å²) in [6, 6.07) is 8.80. The van der Waals surface area contributed by atoms with Crippen LogP contribution >= 0.6 is 0 Å². The van der Waals surface area contributed by atoms with Crippen molar-refractivity contribution in [3.05, 3.63) is 35.4 Å². The maximum atomic E-state index is 11.8. The number of amides is 1. The van der Waals surface area contributed by atoms with Gasteiger partial charge in [-0.25, -0.2) is 0 Å². The van der Waals surface area contributed by atoms with Crippen LogP contribution in [0.1, 0.15) is 36.4 Å². The third kappa shape index (κ3) is 2.27. The number of hydrogen-bond acceptors (Lipinski definition) is 2. The molecule has 18 heavy (non-hydrogen) atoms. The van der Waals surface area contributed by atoms with Crippen LogP contribution in [0.5, 0.6) is 0 Å². The van der Waals surface area contributed by atoms with Crippen molar-refractivity contribution < 1.29 is 4.79 Å². The fourth-order valence-corrected chi connectivity index (χ4v) is 2.79. The van der Waals surface area contributed by atoms with Crippen molar-refractivity contribution in [2.75, 3.05) is 13.1 Å². The SMILES string of the molecule is O=C(NCC1NCCc2ccccc21)C1CCC1. The molecule has 96 valence electrons. The van der Waals surface area contributed by atoms with Gasteiger partial charge in [0, 0.05) is 18.5 Å².